The maximum Gasteiger partial charge on any atom is 0.256 e. The lowest BCUT2D eigenvalue weighted by molar-refractivity contribution is 0.216. The number of aromatic nitrogens is 4. The van der Waals surface area contributed by atoms with Crippen LogP contribution in [0.25, 0.3) is 11.0 Å². The van der Waals surface area contributed by atoms with Gasteiger partial charge in [0.05, 0.1) is 28.8 Å². The van der Waals surface area contributed by atoms with E-state index in [9.17, 15) is 4.79 Å². The van der Waals surface area contributed by atoms with Gasteiger partial charge in [0.25, 0.3) is 5.56 Å². The lowest BCUT2D eigenvalue weighted by atomic mass is 10.1. The summed E-state index contributed by atoms with van der Waals surface area (Å²) < 4.78 is 6.02. The second kappa shape index (κ2) is 7.98. The van der Waals surface area contributed by atoms with Crippen LogP contribution in [0.3, 0.4) is 0 Å². The van der Waals surface area contributed by atoms with E-state index < -0.39 is 0 Å². The highest BCUT2D eigenvalue weighted by Crippen LogP contribution is 2.30. The highest BCUT2D eigenvalue weighted by Gasteiger charge is 2.22. The highest BCUT2D eigenvalue weighted by molar-refractivity contribution is 7.99. The monoisotopic (exact) mass is 439 g/mol. The Bertz CT molecular complexity index is 1280. The van der Waals surface area contributed by atoms with E-state index in [4.69, 9.17) is 4.42 Å². The summed E-state index contributed by atoms with van der Waals surface area (Å²) in [7, 11) is 0. The van der Waals surface area contributed by atoms with Crippen LogP contribution in [0.15, 0.2) is 54.9 Å². The normalized spacial score (nSPS) is 14.3. The van der Waals surface area contributed by atoms with Gasteiger partial charge in [0.1, 0.15) is 5.76 Å². The molecular weight excluding hydrogens is 418 g/mol. The Balaban J connectivity index is 1.27. The summed E-state index contributed by atoms with van der Waals surface area (Å²) >= 11 is 2.94. The first-order chi connectivity index (χ1) is 14.6. The van der Waals surface area contributed by atoms with Crippen molar-refractivity contribution in [3.63, 3.8) is 0 Å². The molecular formula is C21H21N5O2S2. The van der Waals surface area contributed by atoms with Crippen molar-refractivity contribution in [1.29, 1.82) is 0 Å². The fourth-order valence-electron chi connectivity index (χ4n) is 3.65. The van der Waals surface area contributed by atoms with Crippen LogP contribution < -0.4 is 5.56 Å². The number of fused-ring (bicyclic) bond motifs is 2. The number of H-pyrrole nitrogens is 2. The van der Waals surface area contributed by atoms with Crippen molar-refractivity contribution in [2.75, 3.05) is 12.8 Å². The number of aromatic amines is 2. The third-order valence-electron chi connectivity index (χ3n) is 5.15. The van der Waals surface area contributed by atoms with Gasteiger partial charge in [-0.25, -0.2) is 9.97 Å². The molecule has 0 atom stereocenters. The largest absolute Gasteiger partial charge is 0.453 e. The Morgan fingerprint density at radius 2 is 2.07 bits per heavy atom. The molecule has 9 heteroatoms. The van der Waals surface area contributed by atoms with E-state index in [1.54, 1.807) is 0 Å². The molecule has 0 amide bonds. The van der Waals surface area contributed by atoms with E-state index in [0.29, 0.717) is 18.2 Å². The third-order valence-corrected chi connectivity index (χ3v) is 6.54. The lowest BCUT2D eigenvalue weighted by Gasteiger charge is -2.26. The van der Waals surface area contributed by atoms with Gasteiger partial charge in [-0.3, -0.25) is 9.69 Å². The highest BCUT2D eigenvalue weighted by atomic mass is 32.2. The SMILES string of the molecule is CSc1nc2c(c(=O)[nH]1)CN(Cc1ccc(Sc3nc4ccc(C)cc4[nH]3)o1)CC2. The van der Waals surface area contributed by atoms with Crippen LogP contribution in [0.1, 0.15) is 22.6 Å². The molecule has 0 saturated heterocycles. The molecule has 0 aliphatic carbocycles. The molecule has 154 valence electrons. The molecule has 0 unspecified atom stereocenters. The number of furan rings is 1. The molecule has 1 aromatic carbocycles. The Morgan fingerprint density at radius 3 is 2.93 bits per heavy atom. The zero-order valence-corrected chi connectivity index (χ0v) is 18.3. The number of benzene rings is 1. The molecule has 7 nitrogen and oxygen atoms in total. The molecule has 0 saturated carbocycles. The number of hydrogen-bond donors (Lipinski definition) is 2. The number of imidazole rings is 1. The number of thioether (sulfide) groups is 1. The predicted octanol–water partition coefficient (Wildman–Crippen LogP) is 3.98. The number of hydrogen-bond acceptors (Lipinski definition) is 7. The standard InChI is InChI=1S/C21H21N5O2S2/c1-12-3-5-16-17(9-12)24-21(23-16)30-18-6-4-13(28-18)10-26-8-7-15-14(11-26)19(27)25-20(22-15)29-2/h3-6,9H,7-8,10-11H2,1-2H3,(H,23,24)(H,22,25,27). The zero-order chi connectivity index (χ0) is 20.7. The topological polar surface area (TPSA) is 90.8 Å². The van der Waals surface area contributed by atoms with Gasteiger partial charge >= 0.3 is 0 Å². The van der Waals surface area contributed by atoms with Gasteiger partial charge in [-0.2, -0.15) is 0 Å². The summed E-state index contributed by atoms with van der Waals surface area (Å²) in [6.07, 6.45) is 2.69. The molecule has 0 spiro atoms. The second-order valence-electron chi connectivity index (χ2n) is 7.35. The van der Waals surface area contributed by atoms with Gasteiger partial charge in [-0.1, -0.05) is 17.8 Å². The molecule has 0 bridgehead atoms. The Kier molecular flexibility index (Phi) is 5.18. The Morgan fingerprint density at radius 1 is 1.17 bits per heavy atom. The van der Waals surface area contributed by atoms with Crippen molar-refractivity contribution >= 4 is 34.6 Å². The fourth-order valence-corrected chi connectivity index (χ4v) is 4.83. The molecule has 5 rings (SSSR count). The summed E-state index contributed by atoms with van der Waals surface area (Å²) in [5.74, 6) is 0.873. The minimum absolute atomic E-state index is 0.0372. The molecule has 1 aliphatic rings. The van der Waals surface area contributed by atoms with Gasteiger partial charge in [-0.05, 0) is 54.8 Å². The number of rotatable bonds is 5. The zero-order valence-electron chi connectivity index (χ0n) is 16.7. The Labute approximate surface area is 181 Å². The van der Waals surface area contributed by atoms with Gasteiger partial charge in [0.2, 0.25) is 0 Å². The molecule has 2 N–H and O–H groups in total. The molecule has 3 aromatic heterocycles. The van der Waals surface area contributed by atoms with E-state index in [0.717, 1.165) is 51.3 Å². The smallest absolute Gasteiger partial charge is 0.256 e. The maximum absolute atomic E-state index is 12.4. The molecule has 0 fully saturated rings. The minimum atomic E-state index is -0.0372. The first-order valence-corrected chi connectivity index (χ1v) is 11.7. The molecule has 4 heterocycles. The average Bonchev–Trinajstić information content (AvgIpc) is 3.34. The van der Waals surface area contributed by atoms with E-state index in [2.05, 4.69) is 43.9 Å². The van der Waals surface area contributed by atoms with Crippen LogP contribution in [0.4, 0.5) is 0 Å². The number of aryl methyl sites for hydroxylation is 1. The minimum Gasteiger partial charge on any atom is -0.453 e. The number of nitrogens with one attached hydrogen (secondary N) is 2. The first kappa shape index (κ1) is 19.5. The van der Waals surface area contributed by atoms with Crippen molar-refractivity contribution in [2.45, 2.75) is 41.8 Å². The first-order valence-electron chi connectivity index (χ1n) is 9.69. The van der Waals surface area contributed by atoms with Crippen LogP contribution in [0, 0.1) is 6.92 Å². The maximum atomic E-state index is 12.4. The van der Waals surface area contributed by atoms with Crippen LogP contribution in [-0.4, -0.2) is 37.6 Å². The average molecular weight is 440 g/mol. The summed E-state index contributed by atoms with van der Waals surface area (Å²) in [6, 6.07) is 10.1. The van der Waals surface area contributed by atoms with Crippen LogP contribution in [0.5, 0.6) is 0 Å². The quantitative estimate of drug-likeness (QED) is 0.359. The molecule has 1 aliphatic heterocycles. The van der Waals surface area contributed by atoms with Crippen molar-refractivity contribution in [2.24, 2.45) is 0 Å². The fraction of sp³-hybridized carbons (Fsp3) is 0.286. The summed E-state index contributed by atoms with van der Waals surface area (Å²) in [6.45, 7) is 4.15. The van der Waals surface area contributed by atoms with Crippen molar-refractivity contribution in [1.82, 2.24) is 24.8 Å². The number of nitrogens with zero attached hydrogens (tertiary/aromatic N) is 3. The van der Waals surface area contributed by atoms with Gasteiger partial charge in [-0.15, -0.1) is 0 Å². The molecule has 0 radical (unpaired) electrons. The van der Waals surface area contributed by atoms with Crippen molar-refractivity contribution < 1.29 is 4.42 Å². The van der Waals surface area contributed by atoms with E-state index in [1.807, 2.05) is 24.5 Å². The molecule has 4 aromatic rings. The summed E-state index contributed by atoms with van der Waals surface area (Å²) in [5, 5.41) is 2.29. The van der Waals surface area contributed by atoms with Crippen LogP contribution in [0.2, 0.25) is 0 Å². The Hall–Kier alpha value is -2.49. The van der Waals surface area contributed by atoms with Gasteiger partial charge in [0.15, 0.2) is 15.4 Å². The second-order valence-corrected chi connectivity index (χ2v) is 9.13. The van der Waals surface area contributed by atoms with Gasteiger partial charge < -0.3 is 14.4 Å². The van der Waals surface area contributed by atoms with E-state index >= 15 is 0 Å². The lowest BCUT2D eigenvalue weighted by Crippen LogP contribution is -2.35. The molecule has 30 heavy (non-hydrogen) atoms. The van der Waals surface area contributed by atoms with E-state index in [-0.39, 0.29) is 5.56 Å². The third kappa shape index (κ3) is 3.92. The predicted molar refractivity (Wildman–Crippen MR) is 118 cm³/mol. The summed E-state index contributed by atoms with van der Waals surface area (Å²) in [5.41, 5.74) is 4.81. The van der Waals surface area contributed by atoms with Crippen molar-refractivity contribution in [3.05, 3.63) is 63.3 Å². The van der Waals surface area contributed by atoms with Gasteiger partial charge in [0, 0.05) is 19.5 Å². The van der Waals surface area contributed by atoms with Crippen molar-refractivity contribution in [3.8, 4) is 0 Å². The summed E-state index contributed by atoms with van der Waals surface area (Å²) in [4.78, 5) is 29.9. The van der Waals surface area contributed by atoms with Crippen LogP contribution in [-0.2, 0) is 19.5 Å². The van der Waals surface area contributed by atoms with E-state index in [1.165, 1.54) is 29.1 Å². The van der Waals surface area contributed by atoms with Crippen LogP contribution >= 0.6 is 23.5 Å².